The average molecular weight is 362 g/mol. The normalized spacial score (nSPS) is 20.8. The summed E-state index contributed by atoms with van der Waals surface area (Å²) in [6.07, 6.45) is 3.93. The molecule has 26 heavy (non-hydrogen) atoms. The summed E-state index contributed by atoms with van der Waals surface area (Å²) in [5.41, 5.74) is 1.13. The van der Waals surface area contributed by atoms with E-state index in [4.69, 9.17) is 9.26 Å². The molecule has 0 spiro atoms. The van der Waals surface area contributed by atoms with Crippen LogP contribution in [0.15, 0.2) is 16.9 Å². The predicted octanol–water partition coefficient (Wildman–Crippen LogP) is 0.955. The molecule has 0 radical (unpaired) electrons. The Kier molecular flexibility index (Phi) is 5.67. The fourth-order valence-corrected chi connectivity index (χ4v) is 3.32. The lowest BCUT2D eigenvalue weighted by atomic mass is 9.95. The van der Waals surface area contributed by atoms with E-state index in [0.717, 1.165) is 12.1 Å². The van der Waals surface area contributed by atoms with E-state index in [1.54, 1.807) is 14.2 Å². The van der Waals surface area contributed by atoms with E-state index in [1.807, 2.05) is 10.9 Å². The van der Waals surface area contributed by atoms with Crippen molar-refractivity contribution < 1.29 is 14.1 Å². The van der Waals surface area contributed by atoms with Gasteiger partial charge in [0, 0.05) is 51.6 Å². The van der Waals surface area contributed by atoms with Gasteiger partial charge in [0.15, 0.2) is 5.82 Å². The van der Waals surface area contributed by atoms with Crippen molar-refractivity contribution in [1.29, 1.82) is 0 Å². The summed E-state index contributed by atoms with van der Waals surface area (Å²) >= 11 is 0. The van der Waals surface area contributed by atoms with Gasteiger partial charge in [-0.1, -0.05) is 5.16 Å². The van der Waals surface area contributed by atoms with E-state index < -0.39 is 0 Å². The van der Waals surface area contributed by atoms with Crippen molar-refractivity contribution in [3.8, 4) is 0 Å². The molecule has 0 aromatic carbocycles. The molecule has 1 fully saturated rings. The van der Waals surface area contributed by atoms with Gasteiger partial charge in [-0.25, -0.2) is 0 Å². The van der Waals surface area contributed by atoms with Gasteiger partial charge in [0.25, 0.3) is 0 Å². The van der Waals surface area contributed by atoms with Crippen LogP contribution in [0, 0.1) is 5.92 Å². The zero-order valence-corrected chi connectivity index (χ0v) is 15.7. The molecule has 0 bridgehead atoms. The molecule has 0 unspecified atom stereocenters. The molecule has 1 saturated heterocycles. The molecule has 9 nitrogen and oxygen atoms in total. The highest BCUT2D eigenvalue weighted by molar-refractivity contribution is 5.79. The third-order valence-corrected chi connectivity index (χ3v) is 4.64. The Morgan fingerprint density at radius 2 is 2.27 bits per heavy atom. The van der Waals surface area contributed by atoms with Gasteiger partial charge in [-0.2, -0.15) is 10.1 Å². The van der Waals surface area contributed by atoms with Gasteiger partial charge in [0.1, 0.15) is 6.61 Å². The van der Waals surface area contributed by atoms with E-state index in [0.29, 0.717) is 37.5 Å². The number of hydrogen-bond acceptors (Lipinski definition) is 7. The molecule has 3 rings (SSSR count). The summed E-state index contributed by atoms with van der Waals surface area (Å²) in [6.45, 7) is 6.53. The van der Waals surface area contributed by atoms with E-state index in [1.165, 1.54) is 0 Å². The van der Waals surface area contributed by atoms with Crippen LogP contribution in [-0.4, -0.2) is 58.0 Å². The monoisotopic (exact) mass is 362 g/mol. The number of carbonyl (C=O) groups excluding carboxylic acids is 1. The lowest BCUT2D eigenvalue weighted by Gasteiger charge is -2.14. The summed E-state index contributed by atoms with van der Waals surface area (Å²) in [6, 6.07) is 0.325. The number of amides is 1. The molecule has 0 saturated carbocycles. The third kappa shape index (κ3) is 3.94. The second-order valence-corrected chi connectivity index (χ2v) is 6.93. The fourth-order valence-electron chi connectivity index (χ4n) is 3.32. The molecular weight excluding hydrogens is 336 g/mol. The van der Waals surface area contributed by atoms with Crippen LogP contribution in [0.3, 0.4) is 0 Å². The first-order valence-electron chi connectivity index (χ1n) is 8.80. The van der Waals surface area contributed by atoms with Gasteiger partial charge >= 0.3 is 0 Å². The molecule has 3 heterocycles. The minimum absolute atomic E-state index is 0.0122. The lowest BCUT2D eigenvalue weighted by molar-refractivity contribution is -0.124. The second-order valence-electron chi connectivity index (χ2n) is 6.93. The van der Waals surface area contributed by atoms with E-state index in [2.05, 4.69) is 45.5 Å². The van der Waals surface area contributed by atoms with Gasteiger partial charge in [0.2, 0.25) is 11.8 Å². The number of rotatable bonds is 7. The Morgan fingerprint density at radius 3 is 2.92 bits per heavy atom. The Hall–Kier alpha value is -2.26. The number of likely N-dealkylation sites (tertiary alicyclic amines) is 1. The maximum Gasteiger partial charge on any atom is 0.231 e. The minimum atomic E-state index is -0.226. The van der Waals surface area contributed by atoms with Crippen LogP contribution in [-0.2, 0) is 22.7 Å². The largest absolute Gasteiger partial charge is 0.377 e. The van der Waals surface area contributed by atoms with Crippen molar-refractivity contribution in [2.45, 2.75) is 39.0 Å². The molecule has 2 atom stereocenters. The lowest BCUT2D eigenvalue weighted by Crippen LogP contribution is -2.32. The number of nitrogens with one attached hydrogen (secondary N) is 1. The van der Waals surface area contributed by atoms with Gasteiger partial charge < -0.3 is 14.6 Å². The Balaban J connectivity index is 1.74. The number of hydrogen-bond donors (Lipinski definition) is 1. The molecular formula is C17H26N6O3. The maximum absolute atomic E-state index is 12.4. The summed E-state index contributed by atoms with van der Waals surface area (Å²) in [4.78, 5) is 19.0. The van der Waals surface area contributed by atoms with Gasteiger partial charge in [-0.15, -0.1) is 0 Å². The van der Waals surface area contributed by atoms with Crippen LogP contribution in [0.2, 0.25) is 0 Å². The molecule has 0 aliphatic carbocycles. The van der Waals surface area contributed by atoms with Crippen molar-refractivity contribution in [3.05, 3.63) is 29.7 Å². The van der Waals surface area contributed by atoms with Crippen LogP contribution < -0.4 is 5.32 Å². The first-order valence-corrected chi connectivity index (χ1v) is 8.80. The summed E-state index contributed by atoms with van der Waals surface area (Å²) in [7, 11) is 3.23. The third-order valence-electron chi connectivity index (χ3n) is 4.64. The molecule has 1 N–H and O–H groups in total. The van der Waals surface area contributed by atoms with E-state index >= 15 is 0 Å². The van der Waals surface area contributed by atoms with Crippen LogP contribution in [0.25, 0.3) is 0 Å². The van der Waals surface area contributed by atoms with Crippen molar-refractivity contribution in [2.75, 3.05) is 27.2 Å². The zero-order chi connectivity index (χ0) is 18.7. The van der Waals surface area contributed by atoms with Crippen molar-refractivity contribution in [2.24, 2.45) is 5.92 Å². The molecule has 2 aromatic heterocycles. The summed E-state index contributed by atoms with van der Waals surface area (Å²) in [5.74, 6) is 0.617. The van der Waals surface area contributed by atoms with E-state index in [-0.39, 0.29) is 17.7 Å². The molecule has 1 aliphatic rings. The quantitative estimate of drug-likeness (QED) is 0.783. The smallest absolute Gasteiger partial charge is 0.231 e. The van der Waals surface area contributed by atoms with E-state index in [9.17, 15) is 4.79 Å². The summed E-state index contributed by atoms with van der Waals surface area (Å²) in [5, 5.41) is 11.1. The van der Waals surface area contributed by atoms with Crippen LogP contribution in [0.5, 0.6) is 0 Å². The van der Waals surface area contributed by atoms with Crippen LogP contribution in [0.4, 0.5) is 0 Å². The number of ether oxygens (including phenoxy) is 1. The van der Waals surface area contributed by atoms with Crippen molar-refractivity contribution in [1.82, 2.24) is 30.1 Å². The van der Waals surface area contributed by atoms with Gasteiger partial charge in [-0.3, -0.25) is 14.4 Å². The molecule has 1 amide bonds. The molecule has 142 valence electrons. The average Bonchev–Trinajstić information content (AvgIpc) is 3.34. The standard InChI is InChI=1S/C17H26N6O3/c1-11(2)23-7-12(5-19-23)6-22-8-13(16(24)18-3)14(9-22)17-20-15(10-25-4)21-26-17/h5,7,11,13-14H,6,8-10H2,1-4H3,(H,18,24)/t13-,14-/m1/s1. The van der Waals surface area contributed by atoms with Crippen molar-refractivity contribution >= 4 is 5.91 Å². The number of aromatic nitrogens is 4. The number of carbonyl (C=O) groups is 1. The van der Waals surface area contributed by atoms with Gasteiger partial charge in [0.05, 0.1) is 18.0 Å². The summed E-state index contributed by atoms with van der Waals surface area (Å²) < 4.78 is 12.4. The minimum Gasteiger partial charge on any atom is -0.377 e. The first-order chi connectivity index (χ1) is 12.5. The van der Waals surface area contributed by atoms with Crippen LogP contribution >= 0.6 is 0 Å². The molecule has 2 aromatic rings. The Bertz CT molecular complexity index is 740. The highest BCUT2D eigenvalue weighted by Gasteiger charge is 2.41. The number of nitrogens with zero attached hydrogens (tertiary/aromatic N) is 5. The Labute approximate surface area is 152 Å². The van der Waals surface area contributed by atoms with Gasteiger partial charge in [-0.05, 0) is 13.8 Å². The highest BCUT2D eigenvalue weighted by atomic mass is 16.5. The topological polar surface area (TPSA) is 98.3 Å². The maximum atomic E-state index is 12.4. The highest BCUT2D eigenvalue weighted by Crippen LogP contribution is 2.33. The zero-order valence-electron chi connectivity index (χ0n) is 15.7. The Morgan fingerprint density at radius 1 is 1.46 bits per heavy atom. The van der Waals surface area contributed by atoms with Crippen LogP contribution in [0.1, 0.15) is 43.1 Å². The first kappa shape index (κ1) is 18.5. The molecule has 9 heteroatoms. The molecule has 1 aliphatic heterocycles. The SMILES string of the molecule is CNC(=O)[C@@H]1CN(Cc2cnn(C(C)C)c2)C[C@H]1c1nc(COC)no1. The number of methoxy groups -OCH3 is 1. The predicted molar refractivity (Wildman–Crippen MR) is 93.2 cm³/mol. The fraction of sp³-hybridized carbons (Fsp3) is 0.647. The van der Waals surface area contributed by atoms with Crippen molar-refractivity contribution in [3.63, 3.8) is 0 Å². The second kappa shape index (κ2) is 7.96.